The third kappa shape index (κ3) is 8.62. The molecular formula is C15H30N2O2. The van der Waals surface area contributed by atoms with Gasteiger partial charge in [-0.1, -0.05) is 47.5 Å². The van der Waals surface area contributed by atoms with E-state index in [4.69, 9.17) is 0 Å². The fraction of sp³-hybridized carbons (Fsp3) is 0.867. The second kappa shape index (κ2) is 9.82. The number of nitrogens with one attached hydrogen (secondary N) is 1. The smallest absolute Gasteiger partial charge is 0.311 e. The van der Waals surface area contributed by atoms with E-state index in [2.05, 4.69) is 39.9 Å². The number of nitrogens with zero attached hydrogens (tertiary/aromatic N) is 1. The number of carbonyl (C=O) groups is 2. The highest BCUT2D eigenvalue weighted by atomic mass is 16.2. The van der Waals surface area contributed by atoms with Gasteiger partial charge in [-0.05, 0) is 18.3 Å². The van der Waals surface area contributed by atoms with E-state index in [0.717, 1.165) is 19.3 Å². The van der Waals surface area contributed by atoms with Crippen LogP contribution in [-0.2, 0) is 9.59 Å². The van der Waals surface area contributed by atoms with E-state index in [1.165, 1.54) is 0 Å². The van der Waals surface area contributed by atoms with E-state index in [9.17, 15) is 9.59 Å². The summed E-state index contributed by atoms with van der Waals surface area (Å²) in [7, 11) is 0. The summed E-state index contributed by atoms with van der Waals surface area (Å²) >= 11 is 0. The number of carbonyl (C=O) groups excluding carboxylic acids is 2. The van der Waals surface area contributed by atoms with Crippen molar-refractivity contribution in [1.82, 2.24) is 10.2 Å². The minimum Gasteiger partial charge on any atom is -0.348 e. The zero-order valence-electron chi connectivity index (χ0n) is 13.2. The van der Waals surface area contributed by atoms with Crippen LogP contribution >= 0.6 is 0 Å². The van der Waals surface area contributed by atoms with Crippen molar-refractivity contribution in [2.75, 3.05) is 19.6 Å². The first kappa shape index (κ1) is 17.9. The van der Waals surface area contributed by atoms with E-state index in [1.807, 2.05) is 0 Å². The Morgan fingerprint density at radius 2 is 1.53 bits per heavy atom. The Balaban J connectivity index is 4.31. The third-order valence-electron chi connectivity index (χ3n) is 2.72. The predicted octanol–water partition coefficient (Wildman–Crippen LogP) is 2.43. The van der Waals surface area contributed by atoms with Crippen molar-refractivity contribution in [1.29, 1.82) is 0 Å². The molecular weight excluding hydrogens is 240 g/mol. The summed E-state index contributed by atoms with van der Waals surface area (Å²) in [6.07, 6.45) is 3.12. The van der Waals surface area contributed by atoms with Gasteiger partial charge in [0.05, 0.1) is 0 Å². The van der Waals surface area contributed by atoms with Crippen LogP contribution in [0.2, 0.25) is 0 Å². The van der Waals surface area contributed by atoms with Crippen molar-refractivity contribution in [3.63, 3.8) is 0 Å². The van der Waals surface area contributed by atoms with Crippen LogP contribution < -0.4 is 5.32 Å². The lowest BCUT2D eigenvalue weighted by atomic mass is 10.1. The highest BCUT2D eigenvalue weighted by Gasteiger charge is 2.22. The van der Waals surface area contributed by atoms with Gasteiger partial charge in [0.15, 0.2) is 0 Å². The highest BCUT2D eigenvalue weighted by Crippen LogP contribution is 2.04. The van der Waals surface area contributed by atoms with E-state index >= 15 is 0 Å². The van der Waals surface area contributed by atoms with E-state index in [0.29, 0.717) is 31.5 Å². The molecule has 0 bridgehead atoms. The lowest BCUT2D eigenvalue weighted by Gasteiger charge is -2.25. The first-order chi connectivity index (χ1) is 8.88. The molecule has 0 radical (unpaired) electrons. The normalized spacial score (nSPS) is 10.9. The van der Waals surface area contributed by atoms with E-state index in [1.54, 1.807) is 4.90 Å². The molecule has 0 aromatic carbocycles. The third-order valence-corrected chi connectivity index (χ3v) is 2.72. The van der Waals surface area contributed by atoms with Crippen molar-refractivity contribution in [2.45, 2.75) is 53.9 Å². The first-order valence-electron chi connectivity index (χ1n) is 7.45. The molecule has 112 valence electrons. The molecule has 1 N–H and O–H groups in total. The van der Waals surface area contributed by atoms with Gasteiger partial charge >= 0.3 is 11.8 Å². The minimum absolute atomic E-state index is 0.371. The molecule has 4 heteroatoms. The summed E-state index contributed by atoms with van der Waals surface area (Å²) in [5, 5.41) is 2.71. The van der Waals surface area contributed by atoms with Gasteiger partial charge in [-0.15, -0.1) is 0 Å². The molecule has 0 aliphatic rings. The molecule has 0 fully saturated rings. The van der Waals surface area contributed by atoms with Crippen LogP contribution in [0.1, 0.15) is 53.9 Å². The number of hydrogen-bond acceptors (Lipinski definition) is 2. The average Bonchev–Trinajstić information content (AvgIpc) is 2.31. The van der Waals surface area contributed by atoms with Crippen molar-refractivity contribution in [3.05, 3.63) is 0 Å². The van der Waals surface area contributed by atoms with Gasteiger partial charge < -0.3 is 10.2 Å². The fourth-order valence-electron chi connectivity index (χ4n) is 1.92. The molecule has 4 nitrogen and oxygen atoms in total. The number of rotatable bonds is 8. The minimum atomic E-state index is -0.461. The highest BCUT2D eigenvalue weighted by molar-refractivity contribution is 6.35. The maximum absolute atomic E-state index is 12.1. The van der Waals surface area contributed by atoms with Crippen molar-refractivity contribution in [3.8, 4) is 0 Å². The molecule has 0 aliphatic carbocycles. The molecule has 0 aromatic rings. The standard InChI is InChI=1S/C15H30N2O2/c1-6-7-8-9-16-14(18)15(19)17(10-12(2)3)11-13(4)5/h12-13H,6-11H2,1-5H3,(H,16,18). The largest absolute Gasteiger partial charge is 0.348 e. The summed E-state index contributed by atoms with van der Waals surface area (Å²) < 4.78 is 0. The molecule has 0 atom stereocenters. The molecule has 0 spiro atoms. The van der Waals surface area contributed by atoms with Gasteiger partial charge in [-0.3, -0.25) is 9.59 Å². The van der Waals surface area contributed by atoms with Gasteiger partial charge in [0, 0.05) is 19.6 Å². The molecule has 0 aliphatic heterocycles. The molecule has 0 unspecified atom stereocenters. The molecule has 0 aromatic heterocycles. The van der Waals surface area contributed by atoms with Gasteiger partial charge in [-0.2, -0.15) is 0 Å². The molecule has 0 rings (SSSR count). The maximum Gasteiger partial charge on any atom is 0.311 e. The van der Waals surface area contributed by atoms with Crippen LogP contribution in [0.3, 0.4) is 0 Å². The van der Waals surface area contributed by atoms with Crippen molar-refractivity contribution in [2.24, 2.45) is 11.8 Å². The summed E-state index contributed by atoms with van der Waals surface area (Å²) in [5.74, 6) is -0.109. The second-order valence-corrected chi connectivity index (χ2v) is 5.96. The first-order valence-corrected chi connectivity index (χ1v) is 7.45. The summed E-state index contributed by atoms with van der Waals surface area (Å²) in [6.45, 7) is 12.2. The summed E-state index contributed by atoms with van der Waals surface area (Å²) in [4.78, 5) is 25.6. The predicted molar refractivity (Wildman–Crippen MR) is 78.8 cm³/mol. The van der Waals surface area contributed by atoms with Gasteiger partial charge in [0.1, 0.15) is 0 Å². The summed E-state index contributed by atoms with van der Waals surface area (Å²) in [5.41, 5.74) is 0. The Morgan fingerprint density at radius 1 is 1.00 bits per heavy atom. The zero-order chi connectivity index (χ0) is 14.8. The van der Waals surface area contributed by atoms with Crippen LogP contribution in [-0.4, -0.2) is 36.3 Å². The van der Waals surface area contributed by atoms with Crippen LogP contribution in [0.15, 0.2) is 0 Å². The van der Waals surface area contributed by atoms with Crippen LogP contribution in [0.5, 0.6) is 0 Å². The second-order valence-electron chi connectivity index (χ2n) is 5.96. The summed E-state index contributed by atoms with van der Waals surface area (Å²) in [6, 6.07) is 0. The number of amides is 2. The van der Waals surface area contributed by atoms with Gasteiger partial charge in [-0.25, -0.2) is 0 Å². The van der Waals surface area contributed by atoms with Crippen LogP contribution in [0, 0.1) is 11.8 Å². The Hall–Kier alpha value is -1.06. The maximum atomic E-state index is 12.1. The lowest BCUT2D eigenvalue weighted by molar-refractivity contribution is -0.146. The SMILES string of the molecule is CCCCCNC(=O)C(=O)N(CC(C)C)CC(C)C. The molecule has 0 saturated heterocycles. The Labute approximate surface area is 117 Å². The Kier molecular flexibility index (Phi) is 9.27. The van der Waals surface area contributed by atoms with E-state index in [-0.39, 0.29) is 5.91 Å². The number of unbranched alkanes of at least 4 members (excludes halogenated alkanes) is 2. The van der Waals surface area contributed by atoms with Gasteiger partial charge in [0.2, 0.25) is 0 Å². The molecule has 0 heterocycles. The topological polar surface area (TPSA) is 49.4 Å². The van der Waals surface area contributed by atoms with Crippen molar-refractivity contribution >= 4 is 11.8 Å². The zero-order valence-corrected chi connectivity index (χ0v) is 13.2. The monoisotopic (exact) mass is 270 g/mol. The molecule has 19 heavy (non-hydrogen) atoms. The lowest BCUT2D eigenvalue weighted by Crippen LogP contribution is -2.46. The van der Waals surface area contributed by atoms with Crippen LogP contribution in [0.4, 0.5) is 0 Å². The van der Waals surface area contributed by atoms with Gasteiger partial charge in [0.25, 0.3) is 0 Å². The Bertz CT molecular complexity index is 265. The van der Waals surface area contributed by atoms with Crippen LogP contribution in [0.25, 0.3) is 0 Å². The average molecular weight is 270 g/mol. The Morgan fingerprint density at radius 3 is 1.95 bits per heavy atom. The number of hydrogen-bond donors (Lipinski definition) is 1. The molecule has 0 saturated carbocycles. The van der Waals surface area contributed by atoms with Crippen molar-refractivity contribution < 1.29 is 9.59 Å². The van der Waals surface area contributed by atoms with E-state index < -0.39 is 5.91 Å². The molecule has 2 amide bonds. The fourth-order valence-corrected chi connectivity index (χ4v) is 1.92. The quantitative estimate of drug-likeness (QED) is 0.544.